The van der Waals surface area contributed by atoms with E-state index in [1.807, 2.05) is 60.7 Å². The Morgan fingerprint density at radius 3 is 1.43 bits per heavy atom. The van der Waals surface area contributed by atoms with Gasteiger partial charge in [0.2, 0.25) is 0 Å². The van der Waals surface area contributed by atoms with E-state index in [2.05, 4.69) is 10.6 Å². The molecular formula is C32H41N3O9. The fourth-order valence-electron chi connectivity index (χ4n) is 3.76. The SMILES string of the molecule is N=C(CCC(=O)OC(=O)CCCCCNC(=O)OCc1ccccc1)OC(=O)CCCCCNC(=O)OCc1ccccc1. The molecule has 0 saturated heterocycles. The van der Waals surface area contributed by atoms with Gasteiger partial charge in [0.05, 0.1) is 6.42 Å². The molecule has 0 aliphatic rings. The van der Waals surface area contributed by atoms with Crippen LogP contribution in [0.25, 0.3) is 0 Å². The monoisotopic (exact) mass is 611 g/mol. The molecule has 238 valence electrons. The second kappa shape index (κ2) is 21.9. The van der Waals surface area contributed by atoms with E-state index in [9.17, 15) is 24.0 Å². The minimum Gasteiger partial charge on any atom is -0.445 e. The van der Waals surface area contributed by atoms with Crippen molar-refractivity contribution in [2.45, 2.75) is 77.4 Å². The first-order valence-corrected chi connectivity index (χ1v) is 14.7. The van der Waals surface area contributed by atoms with Crippen LogP contribution in [-0.4, -0.2) is 49.1 Å². The molecule has 2 rings (SSSR count). The minimum atomic E-state index is -0.798. The molecule has 0 aromatic heterocycles. The Bertz CT molecular complexity index is 1100. The molecular weight excluding hydrogens is 570 g/mol. The Labute approximate surface area is 257 Å². The topological polar surface area (TPSA) is 170 Å². The molecule has 3 N–H and O–H groups in total. The fourth-order valence-corrected chi connectivity index (χ4v) is 3.76. The largest absolute Gasteiger partial charge is 0.445 e. The van der Waals surface area contributed by atoms with Crippen LogP contribution >= 0.6 is 0 Å². The van der Waals surface area contributed by atoms with Gasteiger partial charge in [0.1, 0.15) is 13.2 Å². The highest BCUT2D eigenvalue weighted by molar-refractivity contribution is 5.90. The van der Waals surface area contributed by atoms with Crippen molar-refractivity contribution in [3.8, 4) is 0 Å². The Morgan fingerprint density at radius 2 is 0.955 bits per heavy atom. The van der Waals surface area contributed by atoms with E-state index in [0.717, 1.165) is 11.1 Å². The molecule has 0 spiro atoms. The number of amides is 2. The fraction of sp³-hybridized carbons (Fsp3) is 0.438. The first-order chi connectivity index (χ1) is 21.3. The number of carbonyl (C=O) groups excluding carboxylic acids is 5. The quantitative estimate of drug-likeness (QED) is 0.0474. The molecule has 0 aliphatic heterocycles. The summed E-state index contributed by atoms with van der Waals surface area (Å²) in [5.41, 5.74) is 1.79. The van der Waals surface area contributed by atoms with E-state index in [0.29, 0.717) is 51.6 Å². The van der Waals surface area contributed by atoms with Crippen molar-refractivity contribution >= 4 is 36.0 Å². The summed E-state index contributed by atoms with van der Waals surface area (Å²) in [5, 5.41) is 13.0. The summed E-state index contributed by atoms with van der Waals surface area (Å²) in [5.74, 6) is -2.44. The maximum Gasteiger partial charge on any atom is 0.407 e. The summed E-state index contributed by atoms with van der Waals surface area (Å²) in [6.45, 7) is 1.17. The third-order valence-electron chi connectivity index (χ3n) is 6.10. The number of esters is 3. The van der Waals surface area contributed by atoms with Crippen molar-refractivity contribution in [3.05, 3.63) is 71.8 Å². The van der Waals surface area contributed by atoms with E-state index < -0.39 is 30.1 Å². The zero-order valence-electron chi connectivity index (χ0n) is 24.8. The third-order valence-corrected chi connectivity index (χ3v) is 6.10. The summed E-state index contributed by atoms with van der Waals surface area (Å²) in [4.78, 5) is 59.0. The van der Waals surface area contributed by atoms with Crippen LogP contribution in [0, 0.1) is 5.41 Å². The molecule has 0 aliphatic carbocycles. The molecule has 2 aromatic rings. The number of benzene rings is 2. The molecule has 2 aromatic carbocycles. The smallest absolute Gasteiger partial charge is 0.407 e. The van der Waals surface area contributed by atoms with Crippen molar-refractivity contribution in [2.24, 2.45) is 0 Å². The van der Waals surface area contributed by atoms with Gasteiger partial charge in [-0.05, 0) is 36.8 Å². The number of unbranched alkanes of at least 4 members (excludes halogenated alkanes) is 4. The van der Waals surface area contributed by atoms with Crippen LogP contribution in [-0.2, 0) is 46.5 Å². The molecule has 44 heavy (non-hydrogen) atoms. The van der Waals surface area contributed by atoms with Gasteiger partial charge < -0.3 is 29.6 Å². The minimum absolute atomic E-state index is 0.0427. The molecule has 0 heterocycles. The maximum absolute atomic E-state index is 11.9. The van der Waals surface area contributed by atoms with Gasteiger partial charge in [-0.15, -0.1) is 0 Å². The lowest BCUT2D eigenvalue weighted by Crippen LogP contribution is -2.25. The van der Waals surface area contributed by atoms with Crippen molar-refractivity contribution in [1.82, 2.24) is 10.6 Å². The van der Waals surface area contributed by atoms with E-state index in [-0.39, 0.29) is 44.8 Å². The van der Waals surface area contributed by atoms with E-state index >= 15 is 0 Å². The van der Waals surface area contributed by atoms with Crippen LogP contribution in [0.3, 0.4) is 0 Å². The van der Waals surface area contributed by atoms with Gasteiger partial charge in [0.15, 0.2) is 5.90 Å². The summed E-state index contributed by atoms with van der Waals surface area (Å²) in [7, 11) is 0. The molecule has 0 saturated carbocycles. The summed E-state index contributed by atoms with van der Waals surface area (Å²) in [6, 6.07) is 18.7. The standard InChI is InChI=1S/C32H41N3O9/c33-27(43-28(36)17-9-3-11-21-34-31(39)41-23-25-13-5-1-6-14-25)19-20-30(38)44-29(37)18-10-4-12-22-35-32(40)42-24-26-15-7-2-8-16-26/h1-2,5-8,13-16,33H,3-4,9-12,17-24H2,(H,34,39)(H,35,40). The highest BCUT2D eigenvalue weighted by Gasteiger charge is 2.14. The lowest BCUT2D eigenvalue weighted by atomic mass is 10.2. The van der Waals surface area contributed by atoms with Crippen molar-refractivity contribution in [1.29, 1.82) is 5.41 Å². The molecule has 12 nitrogen and oxygen atoms in total. The number of carbonyl (C=O) groups is 5. The molecule has 0 atom stereocenters. The van der Waals surface area contributed by atoms with Gasteiger partial charge in [-0.1, -0.05) is 73.5 Å². The number of hydrogen-bond acceptors (Lipinski definition) is 10. The molecule has 0 bridgehead atoms. The summed E-state index contributed by atoms with van der Waals surface area (Å²) >= 11 is 0. The number of ether oxygens (including phenoxy) is 4. The van der Waals surface area contributed by atoms with Gasteiger partial charge in [0, 0.05) is 32.4 Å². The van der Waals surface area contributed by atoms with Crippen LogP contribution < -0.4 is 10.6 Å². The lowest BCUT2D eigenvalue weighted by Gasteiger charge is -2.08. The molecule has 2 amide bonds. The van der Waals surface area contributed by atoms with Crippen LogP contribution in [0.1, 0.15) is 75.3 Å². The second-order valence-corrected chi connectivity index (χ2v) is 9.84. The third kappa shape index (κ3) is 17.9. The zero-order valence-corrected chi connectivity index (χ0v) is 24.8. The summed E-state index contributed by atoms with van der Waals surface area (Å²) in [6.07, 6.45) is 2.24. The Kier molecular flexibility index (Phi) is 17.6. The zero-order chi connectivity index (χ0) is 31.8. The second-order valence-electron chi connectivity index (χ2n) is 9.84. The van der Waals surface area contributed by atoms with Gasteiger partial charge in [-0.3, -0.25) is 19.8 Å². The van der Waals surface area contributed by atoms with Gasteiger partial charge in [-0.25, -0.2) is 9.59 Å². The lowest BCUT2D eigenvalue weighted by molar-refractivity contribution is -0.159. The average Bonchev–Trinajstić information content (AvgIpc) is 3.02. The maximum atomic E-state index is 11.9. The molecule has 0 unspecified atom stereocenters. The molecule has 0 radical (unpaired) electrons. The highest BCUT2D eigenvalue weighted by Crippen LogP contribution is 2.06. The number of alkyl carbamates (subject to hydrolysis) is 2. The average molecular weight is 612 g/mol. The first-order valence-electron chi connectivity index (χ1n) is 14.7. The van der Waals surface area contributed by atoms with Gasteiger partial charge in [0.25, 0.3) is 0 Å². The number of rotatable bonds is 19. The van der Waals surface area contributed by atoms with Crippen molar-refractivity contribution in [3.63, 3.8) is 0 Å². The first kappa shape index (κ1) is 35.5. The summed E-state index contributed by atoms with van der Waals surface area (Å²) < 4.78 is 19.9. The van der Waals surface area contributed by atoms with Crippen molar-refractivity contribution < 1.29 is 42.9 Å². The van der Waals surface area contributed by atoms with E-state index in [1.54, 1.807) is 0 Å². The van der Waals surface area contributed by atoms with Gasteiger partial charge in [-0.2, -0.15) is 0 Å². The Morgan fingerprint density at radius 1 is 0.523 bits per heavy atom. The predicted octanol–water partition coefficient (Wildman–Crippen LogP) is 5.33. The van der Waals surface area contributed by atoms with Crippen LogP contribution in [0.4, 0.5) is 9.59 Å². The van der Waals surface area contributed by atoms with Crippen LogP contribution in [0.15, 0.2) is 60.7 Å². The van der Waals surface area contributed by atoms with Gasteiger partial charge >= 0.3 is 30.1 Å². The normalized spacial score (nSPS) is 10.3. The predicted molar refractivity (Wildman–Crippen MR) is 160 cm³/mol. The number of hydrogen-bond donors (Lipinski definition) is 3. The van der Waals surface area contributed by atoms with Crippen LogP contribution in [0.5, 0.6) is 0 Å². The van der Waals surface area contributed by atoms with Crippen LogP contribution in [0.2, 0.25) is 0 Å². The van der Waals surface area contributed by atoms with E-state index in [1.165, 1.54) is 0 Å². The highest BCUT2D eigenvalue weighted by atomic mass is 16.6. The Hall–Kier alpha value is -4.74. The Balaban J connectivity index is 1.39. The van der Waals surface area contributed by atoms with E-state index in [4.69, 9.17) is 24.4 Å². The molecule has 0 fully saturated rings. The number of nitrogens with one attached hydrogen (secondary N) is 3. The van der Waals surface area contributed by atoms with Crippen molar-refractivity contribution in [2.75, 3.05) is 13.1 Å². The molecule has 12 heteroatoms.